The SMILES string of the molecule is CC1(C)OB(C2=CCC3(CC2)CC3C(=O)OF)OC1(C)C. The number of hydrogen-bond donors (Lipinski definition) is 0. The van der Waals surface area contributed by atoms with E-state index >= 15 is 0 Å². The lowest BCUT2D eigenvalue weighted by molar-refractivity contribution is -0.186. The van der Waals surface area contributed by atoms with Gasteiger partial charge in [0.2, 0.25) is 0 Å². The molecule has 0 aromatic heterocycles. The summed E-state index contributed by atoms with van der Waals surface area (Å²) in [5.74, 6) is -0.999. The molecule has 1 aliphatic heterocycles. The van der Waals surface area contributed by atoms with Crippen molar-refractivity contribution in [3.63, 3.8) is 0 Å². The standard InChI is InChI=1S/C15H22BFO4/c1-13(2)14(3,4)21-16(20-13)10-5-7-15(8-6-10)9-11(15)12(18)19-17/h5,11H,6-9H2,1-4H3. The molecule has 0 radical (unpaired) electrons. The van der Waals surface area contributed by atoms with Crippen molar-refractivity contribution in [3.05, 3.63) is 11.5 Å². The van der Waals surface area contributed by atoms with Crippen LogP contribution in [0.2, 0.25) is 0 Å². The van der Waals surface area contributed by atoms with Crippen molar-refractivity contribution in [3.8, 4) is 0 Å². The van der Waals surface area contributed by atoms with Gasteiger partial charge >= 0.3 is 13.1 Å². The van der Waals surface area contributed by atoms with Gasteiger partial charge in [0.25, 0.3) is 0 Å². The van der Waals surface area contributed by atoms with Crippen molar-refractivity contribution in [2.24, 2.45) is 11.3 Å². The Hall–Kier alpha value is -0.875. The highest BCUT2D eigenvalue weighted by Gasteiger charge is 2.60. The van der Waals surface area contributed by atoms with E-state index in [1.807, 2.05) is 27.7 Å². The summed E-state index contributed by atoms with van der Waals surface area (Å²) in [7, 11) is -0.308. The molecule has 4 nitrogen and oxygen atoms in total. The Morgan fingerprint density at radius 2 is 1.95 bits per heavy atom. The first-order valence-corrected chi connectivity index (χ1v) is 7.58. The van der Waals surface area contributed by atoms with Crippen molar-refractivity contribution in [2.45, 2.75) is 64.6 Å². The summed E-state index contributed by atoms with van der Waals surface area (Å²) in [5.41, 5.74) is 0.372. The molecule has 1 saturated carbocycles. The molecule has 1 saturated heterocycles. The Bertz CT molecular complexity index is 486. The first kappa shape index (κ1) is 15.0. The molecule has 21 heavy (non-hydrogen) atoms. The average Bonchev–Trinajstić information content (AvgIpc) is 3.05. The lowest BCUT2D eigenvalue weighted by Gasteiger charge is -2.32. The highest BCUT2D eigenvalue weighted by molar-refractivity contribution is 6.54. The van der Waals surface area contributed by atoms with E-state index in [1.165, 1.54) is 0 Å². The second kappa shape index (κ2) is 4.56. The fourth-order valence-electron chi connectivity index (χ4n) is 3.38. The minimum absolute atomic E-state index is 0.0870. The van der Waals surface area contributed by atoms with E-state index in [0.717, 1.165) is 31.2 Å². The molecule has 3 aliphatic rings. The number of hydrogen-bond acceptors (Lipinski definition) is 4. The average molecular weight is 296 g/mol. The summed E-state index contributed by atoms with van der Waals surface area (Å²) >= 11 is 0. The largest absolute Gasteiger partial charge is 0.490 e. The molecule has 2 fully saturated rings. The molecule has 0 N–H and O–H groups in total. The fraction of sp³-hybridized carbons (Fsp3) is 0.800. The smallest absolute Gasteiger partial charge is 0.400 e. The molecule has 116 valence electrons. The fourth-order valence-corrected chi connectivity index (χ4v) is 3.38. The van der Waals surface area contributed by atoms with Crippen molar-refractivity contribution in [1.29, 1.82) is 0 Å². The molecule has 0 bridgehead atoms. The topological polar surface area (TPSA) is 44.8 Å². The number of allylic oxidation sites excluding steroid dienone is 2. The van der Waals surface area contributed by atoms with Gasteiger partial charge in [0.1, 0.15) is 0 Å². The van der Waals surface area contributed by atoms with Crippen molar-refractivity contribution < 1.29 is 23.6 Å². The van der Waals surface area contributed by atoms with E-state index in [0.29, 0.717) is 0 Å². The summed E-state index contributed by atoms with van der Waals surface area (Å²) in [6.45, 7) is 8.14. The molecule has 2 aliphatic carbocycles. The predicted molar refractivity (Wildman–Crippen MR) is 75.8 cm³/mol. The second-order valence-corrected chi connectivity index (χ2v) is 7.59. The minimum Gasteiger partial charge on any atom is -0.400 e. The Morgan fingerprint density at radius 3 is 2.43 bits per heavy atom. The molecular weight excluding hydrogens is 274 g/mol. The van der Waals surface area contributed by atoms with E-state index in [4.69, 9.17) is 9.31 Å². The molecular formula is C15H22BFO4. The van der Waals surface area contributed by atoms with Gasteiger partial charge in [-0.25, -0.2) is 4.79 Å². The highest BCUT2D eigenvalue weighted by atomic mass is 19.3. The maximum absolute atomic E-state index is 12.0. The van der Waals surface area contributed by atoms with Gasteiger partial charge in [-0.2, -0.15) is 0 Å². The lowest BCUT2D eigenvalue weighted by Crippen LogP contribution is -2.41. The van der Waals surface area contributed by atoms with E-state index in [1.54, 1.807) is 0 Å². The molecule has 6 heteroatoms. The van der Waals surface area contributed by atoms with Gasteiger partial charge in [-0.15, -0.1) is 0 Å². The van der Waals surface area contributed by atoms with Gasteiger partial charge in [0.05, 0.1) is 17.1 Å². The third-order valence-electron chi connectivity index (χ3n) is 5.79. The summed E-state index contributed by atoms with van der Waals surface area (Å²) in [6.07, 6.45) is 5.29. The van der Waals surface area contributed by atoms with Crippen LogP contribution in [-0.4, -0.2) is 24.3 Å². The van der Waals surface area contributed by atoms with Crippen molar-refractivity contribution in [2.75, 3.05) is 0 Å². The van der Waals surface area contributed by atoms with E-state index in [2.05, 4.69) is 11.0 Å². The van der Waals surface area contributed by atoms with Gasteiger partial charge < -0.3 is 9.31 Å². The first-order valence-electron chi connectivity index (χ1n) is 7.58. The van der Waals surface area contributed by atoms with Crippen LogP contribution in [0.15, 0.2) is 11.5 Å². The zero-order valence-corrected chi connectivity index (χ0v) is 13.1. The zero-order chi connectivity index (χ0) is 15.5. The summed E-state index contributed by atoms with van der Waals surface area (Å²) in [5, 5.41) is 0. The third kappa shape index (κ3) is 2.32. The van der Waals surface area contributed by atoms with Gasteiger partial charge in [-0.1, -0.05) is 6.08 Å². The summed E-state index contributed by atoms with van der Waals surface area (Å²) < 4.78 is 24.1. The first-order chi connectivity index (χ1) is 9.71. The maximum Gasteiger partial charge on any atom is 0.490 e. The number of halogens is 1. The van der Waals surface area contributed by atoms with Crippen LogP contribution in [-0.2, 0) is 19.0 Å². The molecule has 3 rings (SSSR count). The maximum atomic E-state index is 12.0. The van der Waals surface area contributed by atoms with Crippen LogP contribution in [0.1, 0.15) is 53.4 Å². The molecule has 0 aromatic carbocycles. The van der Waals surface area contributed by atoms with E-state index in [-0.39, 0.29) is 29.7 Å². The van der Waals surface area contributed by atoms with Crippen molar-refractivity contribution >= 4 is 13.1 Å². The molecule has 1 spiro atoms. The van der Waals surface area contributed by atoms with Gasteiger partial charge in [-0.3, -0.25) is 4.94 Å². The van der Waals surface area contributed by atoms with Crippen LogP contribution >= 0.6 is 0 Å². The Morgan fingerprint density at radius 1 is 1.33 bits per heavy atom. The number of carbonyl (C=O) groups is 1. The Labute approximate surface area is 125 Å². The van der Waals surface area contributed by atoms with Gasteiger partial charge in [-0.05, 0) is 64.3 Å². The van der Waals surface area contributed by atoms with E-state index < -0.39 is 5.97 Å². The lowest BCUT2D eigenvalue weighted by atomic mass is 9.69. The second-order valence-electron chi connectivity index (χ2n) is 7.59. The number of rotatable bonds is 2. The Balaban J connectivity index is 1.66. The number of carbonyl (C=O) groups excluding carboxylic acids is 1. The van der Waals surface area contributed by atoms with Crippen LogP contribution in [0.5, 0.6) is 0 Å². The third-order valence-corrected chi connectivity index (χ3v) is 5.79. The molecule has 0 aromatic rings. The van der Waals surface area contributed by atoms with Crippen LogP contribution in [0.4, 0.5) is 4.53 Å². The van der Waals surface area contributed by atoms with Crippen LogP contribution in [0, 0.1) is 11.3 Å². The zero-order valence-electron chi connectivity index (χ0n) is 13.1. The molecule has 0 amide bonds. The summed E-state index contributed by atoms with van der Waals surface area (Å²) in [6, 6.07) is 0. The molecule has 1 heterocycles. The van der Waals surface area contributed by atoms with Crippen LogP contribution in [0.3, 0.4) is 0 Å². The van der Waals surface area contributed by atoms with E-state index in [9.17, 15) is 9.32 Å². The van der Waals surface area contributed by atoms with Gasteiger partial charge in [0.15, 0.2) is 0 Å². The minimum atomic E-state index is -0.720. The van der Waals surface area contributed by atoms with Crippen molar-refractivity contribution in [1.82, 2.24) is 0 Å². The highest BCUT2D eigenvalue weighted by Crippen LogP contribution is 2.61. The molecule has 2 atom stereocenters. The van der Waals surface area contributed by atoms with Crippen LogP contribution < -0.4 is 0 Å². The van der Waals surface area contributed by atoms with Crippen LogP contribution in [0.25, 0.3) is 0 Å². The normalized spacial score (nSPS) is 36.5. The Kier molecular flexibility index (Phi) is 3.26. The predicted octanol–water partition coefficient (Wildman–Crippen LogP) is 3.16. The quantitative estimate of drug-likeness (QED) is 0.734. The molecule has 2 unspecified atom stereocenters. The summed E-state index contributed by atoms with van der Waals surface area (Å²) in [4.78, 5) is 14.7. The van der Waals surface area contributed by atoms with Gasteiger partial charge in [0, 0.05) is 4.53 Å². The monoisotopic (exact) mass is 296 g/mol.